The molecule has 4 aromatic rings. The molecule has 0 fully saturated rings. The van der Waals surface area contributed by atoms with Crippen molar-refractivity contribution in [2.45, 2.75) is 37.5 Å². The molecule has 9 heteroatoms. The van der Waals surface area contributed by atoms with E-state index in [1.165, 1.54) is 0 Å². The lowest BCUT2D eigenvalue weighted by Gasteiger charge is -2.12. The van der Waals surface area contributed by atoms with Gasteiger partial charge in [0.15, 0.2) is 0 Å². The Balaban J connectivity index is 1.36. The number of aryl methyl sites for hydroxylation is 3. The number of aromatic nitrogens is 7. The Labute approximate surface area is 161 Å². The fourth-order valence-corrected chi connectivity index (χ4v) is 3.08. The molecule has 0 unspecified atom stereocenters. The summed E-state index contributed by atoms with van der Waals surface area (Å²) in [5, 5.41) is 12.8. The summed E-state index contributed by atoms with van der Waals surface area (Å²) >= 11 is 5.30. The van der Waals surface area contributed by atoms with E-state index in [9.17, 15) is 0 Å². The Morgan fingerprint density at radius 3 is 2.74 bits per heavy atom. The molecule has 27 heavy (non-hydrogen) atoms. The highest BCUT2D eigenvalue weighted by Crippen LogP contribution is 2.16. The van der Waals surface area contributed by atoms with Crippen LogP contribution in [0.5, 0.6) is 0 Å². The summed E-state index contributed by atoms with van der Waals surface area (Å²) in [4.78, 5) is 8.50. The molecule has 0 amide bonds. The zero-order valence-corrected chi connectivity index (χ0v) is 15.4. The van der Waals surface area contributed by atoms with Crippen molar-refractivity contribution in [2.24, 2.45) is 0 Å². The average molecular weight is 380 g/mol. The lowest BCUT2D eigenvalue weighted by atomic mass is 10.2. The van der Waals surface area contributed by atoms with Crippen LogP contribution >= 0.6 is 0 Å². The largest absolute Gasteiger partial charge is 0.740 e. The van der Waals surface area contributed by atoms with E-state index < -0.39 is 0 Å². The number of hydrogen-bond donors (Lipinski definition) is 0. The molecule has 0 bridgehead atoms. The number of nitrogens with zero attached hydrogens (tertiary/aromatic N) is 7. The SMILES string of the molecule is [S-]c1nnc(CCc2nc(-c3ccccc3)no2)n1CCCn1ccnc1. The maximum Gasteiger partial charge on any atom is 0.227 e. The van der Waals surface area contributed by atoms with E-state index in [0.717, 1.165) is 30.9 Å². The Hall–Kier alpha value is -3.07. The first kappa shape index (κ1) is 17.3. The van der Waals surface area contributed by atoms with Gasteiger partial charge in [-0.1, -0.05) is 35.5 Å². The van der Waals surface area contributed by atoms with Crippen molar-refractivity contribution in [3.63, 3.8) is 0 Å². The summed E-state index contributed by atoms with van der Waals surface area (Å²) in [5.41, 5.74) is 0.933. The van der Waals surface area contributed by atoms with E-state index in [2.05, 4.69) is 25.3 Å². The van der Waals surface area contributed by atoms with Crippen LogP contribution in [0.3, 0.4) is 0 Å². The van der Waals surface area contributed by atoms with Crippen molar-refractivity contribution in [3.05, 3.63) is 60.8 Å². The normalized spacial score (nSPS) is 11.1. The molecule has 0 atom stereocenters. The number of rotatable bonds is 8. The number of imidazole rings is 1. The Morgan fingerprint density at radius 1 is 1.04 bits per heavy atom. The van der Waals surface area contributed by atoms with Gasteiger partial charge in [-0.2, -0.15) is 10.1 Å². The van der Waals surface area contributed by atoms with Crippen LogP contribution in [0.4, 0.5) is 0 Å². The monoisotopic (exact) mass is 380 g/mol. The minimum absolute atomic E-state index is 0.506. The van der Waals surface area contributed by atoms with Gasteiger partial charge in [-0.15, -0.1) is 5.10 Å². The van der Waals surface area contributed by atoms with Crippen molar-refractivity contribution in [1.82, 2.24) is 34.5 Å². The summed E-state index contributed by atoms with van der Waals surface area (Å²) in [7, 11) is 0. The minimum Gasteiger partial charge on any atom is -0.740 e. The molecular formula is C18H18N7OS-. The van der Waals surface area contributed by atoms with E-state index in [4.69, 9.17) is 17.2 Å². The van der Waals surface area contributed by atoms with Gasteiger partial charge in [0.05, 0.1) is 6.33 Å². The van der Waals surface area contributed by atoms with Crippen molar-refractivity contribution in [3.8, 4) is 11.4 Å². The lowest BCUT2D eigenvalue weighted by molar-refractivity contribution is 0.377. The van der Waals surface area contributed by atoms with Gasteiger partial charge < -0.3 is 26.3 Å². The zero-order chi connectivity index (χ0) is 18.5. The van der Waals surface area contributed by atoms with Gasteiger partial charge in [0.1, 0.15) is 5.82 Å². The van der Waals surface area contributed by atoms with Gasteiger partial charge in [0.25, 0.3) is 0 Å². The predicted octanol–water partition coefficient (Wildman–Crippen LogP) is 2.31. The van der Waals surface area contributed by atoms with Crippen molar-refractivity contribution < 1.29 is 4.52 Å². The molecule has 0 N–H and O–H groups in total. The summed E-state index contributed by atoms with van der Waals surface area (Å²) in [6.07, 6.45) is 7.68. The molecule has 138 valence electrons. The second kappa shape index (κ2) is 8.09. The summed E-state index contributed by atoms with van der Waals surface area (Å²) in [6.45, 7) is 1.63. The highest BCUT2D eigenvalue weighted by atomic mass is 32.1. The fourth-order valence-electron chi connectivity index (χ4n) is 2.84. The molecule has 0 saturated heterocycles. The zero-order valence-electron chi connectivity index (χ0n) is 14.6. The summed E-state index contributed by atoms with van der Waals surface area (Å²) in [6, 6.07) is 9.76. The first-order valence-corrected chi connectivity index (χ1v) is 9.13. The van der Waals surface area contributed by atoms with Gasteiger partial charge in [0, 0.05) is 49.0 Å². The van der Waals surface area contributed by atoms with Crippen LogP contribution in [0.2, 0.25) is 0 Å². The van der Waals surface area contributed by atoms with Crippen molar-refractivity contribution >= 4 is 12.6 Å². The highest BCUT2D eigenvalue weighted by Gasteiger charge is 2.11. The Bertz CT molecular complexity index is 979. The van der Waals surface area contributed by atoms with E-state index in [0.29, 0.717) is 29.7 Å². The van der Waals surface area contributed by atoms with E-state index >= 15 is 0 Å². The third kappa shape index (κ3) is 4.20. The fraction of sp³-hybridized carbons (Fsp3) is 0.278. The second-order valence-electron chi connectivity index (χ2n) is 6.08. The molecule has 3 aromatic heterocycles. The van der Waals surface area contributed by atoms with E-state index in [1.807, 2.05) is 52.0 Å². The minimum atomic E-state index is 0.506. The smallest absolute Gasteiger partial charge is 0.227 e. The molecule has 0 spiro atoms. The van der Waals surface area contributed by atoms with Crippen LogP contribution < -0.4 is 0 Å². The van der Waals surface area contributed by atoms with Crippen LogP contribution in [0, 0.1) is 0 Å². The molecule has 3 heterocycles. The van der Waals surface area contributed by atoms with E-state index in [1.54, 1.807) is 6.20 Å². The topological polar surface area (TPSA) is 87.5 Å². The third-order valence-electron chi connectivity index (χ3n) is 4.21. The molecular weight excluding hydrogens is 362 g/mol. The third-order valence-corrected chi connectivity index (χ3v) is 4.52. The van der Waals surface area contributed by atoms with Crippen LogP contribution in [0.1, 0.15) is 18.1 Å². The average Bonchev–Trinajstić information content (AvgIpc) is 3.44. The maximum atomic E-state index is 5.36. The van der Waals surface area contributed by atoms with Gasteiger partial charge >= 0.3 is 0 Å². The van der Waals surface area contributed by atoms with Crippen molar-refractivity contribution in [2.75, 3.05) is 0 Å². The number of hydrogen-bond acceptors (Lipinski definition) is 7. The first-order chi connectivity index (χ1) is 13.3. The lowest BCUT2D eigenvalue weighted by Crippen LogP contribution is -2.09. The van der Waals surface area contributed by atoms with Crippen molar-refractivity contribution in [1.29, 1.82) is 0 Å². The molecule has 0 aliphatic carbocycles. The second-order valence-corrected chi connectivity index (χ2v) is 6.45. The molecule has 1 aromatic carbocycles. The van der Waals surface area contributed by atoms with E-state index in [-0.39, 0.29) is 0 Å². The van der Waals surface area contributed by atoms with Crippen LogP contribution in [-0.4, -0.2) is 34.5 Å². The van der Waals surface area contributed by atoms with Crippen LogP contribution in [0.15, 0.2) is 58.7 Å². The number of benzene rings is 1. The summed E-state index contributed by atoms with van der Waals surface area (Å²) < 4.78 is 9.37. The molecule has 0 radical (unpaired) electrons. The quantitative estimate of drug-likeness (QED) is 0.433. The molecule has 4 rings (SSSR count). The Morgan fingerprint density at radius 2 is 1.93 bits per heavy atom. The van der Waals surface area contributed by atoms with Gasteiger partial charge in [-0.25, -0.2) is 4.98 Å². The van der Waals surface area contributed by atoms with Gasteiger partial charge in [-0.05, 0) is 6.42 Å². The van der Waals surface area contributed by atoms with Gasteiger partial charge in [0.2, 0.25) is 11.7 Å². The standard InChI is InChI=1S/C18H19N7OS/c27-18-22-21-15(25(18)11-4-10-24-12-9-19-13-24)7-8-16-20-17(23-26-16)14-5-2-1-3-6-14/h1-3,5-6,9,12-13H,4,7-8,10-11H2,(H,22,27)/p-1. The highest BCUT2D eigenvalue weighted by molar-refractivity contribution is 7.58. The first-order valence-electron chi connectivity index (χ1n) is 8.72. The molecule has 0 aliphatic rings. The molecule has 0 saturated carbocycles. The molecule has 8 nitrogen and oxygen atoms in total. The van der Waals surface area contributed by atoms with Crippen LogP contribution in [-0.2, 0) is 38.6 Å². The predicted molar refractivity (Wildman–Crippen MR) is 99.6 cm³/mol. The van der Waals surface area contributed by atoms with Gasteiger partial charge in [-0.3, -0.25) is 0 Å². The Kier molecular flexibility index (Phi) is 5.20. The maximum absolute atomic E-state index is 5.36. The summed E-state index contributed by atoms with van der Waals surface area (Å²) in [5.74, 6) is 2.01. The molecule has 0 aliphatic heterocycles. The van der Waals surface area contributed by atoms with Crippen LogP contribution in [0.25, 0.3) is 11.4 Å².